The molecule has 1 aliphatic rings. The third kappa shape index (κ3) is 10.6. The molecule has 8 nitrogen and oxygen atoms in total. The van der Waals surface area contributed by atoms with Gasteiger partial charge in [0.2, 0.25) is 0 Å². The summed E-state index contributed by atoms with van der Waals surface area (Å²) in [6.45, 7) is 7.34. The van der Waals surface area contributed by atoms with Crippen molar-refractivity contribution in [2.75, 3.05) is 27.2 Å². The number of hydrogen-bond acceptors (Lipinski definition) is 5. The van der Waals surface area contributed by atoms with Gasteiger partial charge in [-0.2, -0.15) is 0 Å². The van der Waals surface area contributed by atoms with Gasteiger partial charge in [0, 0.05) is 26.7 Å². The van der Waals surface area contributed by atoms with E-state index in [9.17, 15) is 4.79 Å². The second kappa shape index (κ2) is 14.3. The molecule has 1 aromatic carbocycles. The lowest BCUT2D eigenvalue weighted by Gasteiger charge is -2.19. The summed E-state index contributed by atoms with van der Waals surface area (Å²) in [6.07, 6.45) is 5.29. The quantitative estimate of drug-likeness (QED) is 0.181. The van der Waals surface area contributed by atoms with E-state index in [0.29, 0.717) is 25.6 Å². The van der Waals surface area contributed by atoms with E-state index in [1.807, 2.05) is 39.0 Å². The SMILES string of the molecule is CN=C(NCCCNC(=O)OC(C)(C)C)NCc1ccc(OC)c(OC2CCCC2)c1.I. The number of ether oxygens (including phenoxy) is 3. The summed E-state index contributed by atoms with van der Waals surface area (Å²) in [6, 6.07) is 5.99. The molecule has 9 heteroatoms. The van der Waals surface area contributed by atoms with Crippen LogP contribution in [0.5, 0.6) is 11.5 Å². The third-order valence-electron chi connectivity index (χ3n) is 4.82. The Labute approximate surface area is 209 Å². The summed E-state index contributed by atoms with van der Waals surface area (Å²) in [5.74, 6) is 2.26. The Balaban J connectivity index is 0.00000512. The topological polar surface area (TPSA) is 93.2 Å². The Morgan fingerprint density at radius 1 is 1.09 bits per heavy atom. The summed E-state index contributed by atoms with van der Waals surface area (Å²) >= 11 is 0. The number of rotatable bonds is 9. The Morgan fingerprint density at radius 3 is 2.41 bits per heavy atom. The molecule has 3 N–H and O–H groups in total. The minimum atomic E-state index is -0.488. The molecular weight excluding hydrogens is 523 g/mol. The summed E-state index contributed by atoms with van der Waals surface area (Å²) in [4.78, 5) is 15.9. The van der Waals surface area contributed by atoms with Crippen molar-refractivity contribution in [1.82, 2.24) is 16.0 Å². The second-order valence-corrected chi connectivity index (χ2v) is 8.64. The molecule has 0 unspecified atom stereocenters. The highest BCUT2D eigenvalue weighted by Gasteiger charge is 2.19. The van der Waals surface area contributed by atoms with Crippen molar-refractivity contribution in [2.45, 2.75) is 71.1 Å². The van der Waals surface area contributed by atoms with Crippen molar-refractivity contribution in [3.63, 3.8) is 0 Å². The van der Waals surface area contributed by atoms with Gasteiger partial charge >= 0.3 is 6.09 Å². The van der Waals surface area contributed by atoms with E-state index in [0.717, 1.165) is 36.3 Å². The molecule has 1 fully saturated rings. The van der Waals surface area contributed by atoms with Crippen molar-refractivity contribution >= 4 is 36.0 Å². The summed E-state index contributed by atoms with van der Waals surface area (Å²) in [5.41, 5.74) is 0.598. The molecule has 0 atom stereocenters. The van der Waals surface area contributed by atoms with Crippen molar-refractivity contribution in [2.24, 2.45) is 4.99 Å². The average Bonchev–Trinajstić information content (AvgIpc) is 3.22. The number of benzene rings is 1. The number of amides is 1. The van der Waals surface area contributed by atoms with Crippen LogP contribution in [0.2, 0.25) is 0 Å². The highest BCUT2D eigenvalue weighted by Crippen LogP contribution is 2.32. The first kappa shape index (κ1) is 28.1. The molecule has 1 saturated carbocycles. The van der Waals surface area contributed by atoms with Gasteiger partial charge in [-0.15, -0.1) is 24.0 Å². The fourth-order valence-electron chi connectivity index (χ4n) is 3.32. The van der Waals surface area contributed by atoms with E-state index in [1.54, 1.807) is 14.2 Å². The minimum Gasteiger partial charge on any atom is -0.493 e. The number of carbonyl (C=O) groups is 1. The first-order valence-corrected chi connectivity index (χ1v) is 11.1. The standard InChI is InChI=1S/C23H38N4O4.HI/c1-23(2,3)31-22(28)26-14-8-13-25-21(24-4)27-16-17-11-12-19(29-5)20(15-17)30-18-9-6-7-10-18;/h11-12,15,18H,6-10,13-14,16H2,1-5H3,(H,26,28)(H2,24,25,27);1H. The fourth-order valence-corrected chi connectivity index (χ4v) is 3.32. The van der Waals surface area contributed by atoms with E-state index >= 15 is 0 Å². The lowest BCUT2D eigenvalue weighted by molar-refractivity contribution is 0.0527. The molecule has 0 bridgehead atoms. The van der Waals surface area contributed by atoms with Gasteiger partial charge in [0.1, 0.15) is 5.60 Å². The maximum atomic E-state index is 11.6. The molecule has 1 aromatic rings. The zero-order chi connectivity index (χ0) is 22.7. The van der Waals surface area contributed by atoms with Gasteiger partial charge in [-0.3, -0.25) is 4.99 Å². The second-order valence-electron chi connectivity index (χ2n) is 8.64. The van der Waals surface area contributed by atoms with Gasteiger partial charge in [-0.25, -0.2) is 4.79 Å². The third-order valence-corrected chi connectivity index (χ3v) is 4.82. The maximum Gasteiger partial charge on any atom is 0.407 e. The van der Waals surface area contributed by atoms with E-state index in [-0.39, 0.29) is 30.1 Å². The fraction of sp³-hybridized carbons (Fsp3) is 0.652. The molecule has 182 valence electrons. The van der Waals surface area contributed by atoms with Crippen LogP contribution < -0.4 is 25.4 Å². The van der Waals surface area contributed by atoms with Crippen LogP contribution >= 0.6 is 24.0 Å². The van der Waals surface area contributed by atoms with Gasteiger partial charge in [-0.1, -0.05) is 6.07 Å². The zero-order valence-corrected chi connectivity index (χ0v) is 22.3. The Morgan fingerprint density at radius 2 is 1.78 bits per heavy atom. The van der Waals surface area contributed by atoms with Crippen LogP contribution in [0.15, 0.2) is 23.2 Å². The predicted molar refractivity (Wildman–Crippen MR) is 138 cm³/mol. The Hall–Kier alpha value is -1.91. The van der Waals surface area contributed by atoms with E-state index in [2.05, 4.69) is 20.9 Å². The molecule has 2 rings (SSSR count). The largest absolute Gasteiger partial charge is 0.493 e. The minimum absolute atomic E-state index is 0. The van der Waals surface area contributed by atoms with E-state index in [1.165, 1.54) is 12.8 Å². The molecule has 0 heterocycles. The van der Waals surface area contributed by atoms with Gasteiger partial charge in [0.05, 0.1) is 13.2 Å². The zero-order valence-electron chi connectivity index (χ0n) is 20.0. The van der Waals surface area contributed by atoms with Crippen LogP contribution in [0.4, 0.5) is 4.79 Å². The van der Waals surface area contributed by atoms with E-state index in [4.69, 9.17) is 14.2 Å². The molecule has 0 spiro atoms. The van der Waals surface area contributed by atoms with Gasteiger partial charge in [-0.05, 0) is 70.6 Å². The molecule has 32 heavy (non-hydrogen) atoms. The molecule has 1 aliphatic carbocycles. The summed E-state index contributed by atoms with van der Waals surface area (Å²) in [5, 5.41) is 9.30. The smallest absolute Gasteiger partial charge is 0.407 e. The molecule has 0 aliphatic heterocycles. The number of carbonyl (C=O) groups excluding carboxylic acids is 1. The van der Waals surface area contributed by atoms with Crippen LogP contribution in [0.25, 0.3) is 0 Å². The molecule has 0 aromatic heterocycles. The normalized spacial score (nSPS) is 14.3. The highest BCUT2D eigenvalue weighted by molar-refractivity contribution is 14.0. The monoisotopic (exact) mass is 562 g/mol. The van der Waals surface area contributed by atoms with Gasteiger partial charge in [0.25, 0.3) is 0 Å². The average molecular weight is 562 g/mol. The number of hydrogen-bond donors (Lipinski definition) is 3. The maximum absolute atomic E-state index is 11.6. The number of nitrogens with zero attached hydrogens (tertiary/aromatic N) is 1. The van der Waals surface area contributed by atoms with Crippen LogP contribution in [0.3, 0.4) is 0 Å². The molecular formula is C23H39IN4O4. The number of methoxy groups -OCH3 is 1. The van der Waals surface area contributed by atoms with Crippen molar-refractivity contribution in [3.05, 3.63) is 23.8 Å². The number of guanidine groups is 1. The van der Waals surface area contributed by atoms with Crippen molar-refractivity contribution < 1.29 is 19.0 Å². The highest BCUT2D eigenvalue weighted by atomic mass is 127. The first-order chi connectivity index (χ1) is 14.8. The van der Waals surface area contributed by atoms with E-state index < -0.39 is 11.7 Å². The van der Waals surface area contributed by atoms with Crippen LogP contribution in [-0.4, -0.2) is 51.0 Å². The molecule has 0 saturated heterocycles. The summed E-state index contributed by atoms with van der Waals surface area (Å²) in [7, 11) is 3.40. The Bertz CT molecular complexity index is 731. The van der Waals surface area contributed by atoms with Crippen molar-refractivity contribution in [3.8, 4) is 11.5 Å². The van der Waals surface area contributed by atoms with Crippen LogP contribution in [0.1, 0.15) is 58.4 Å². The lowest BCUT2D eigenvalue weighted by Crippen LogP contribution is -2.39. The summed E-state index contributed by atoms with van der Waals surface area (Å²) < 4.78 is 16.8. The lowest BCUT2D eigenvalue weighted by atomic mass is 10.2. The Kier molecular flexibility index (Phi) is 12.6. The number of halogens is 1. The van der Waals surface area contributed by atoms with Crippen LogP contribution in [-0.2, 0) is 11.3 Å². The van der Waals surface area contributed by atoms with Gasteiger partial charge in [0.15, 0.2) is 17.5 Å². The number of aliphatic imine (C=N–C) groups is 1. The first-order valence-electron chi connectivity index (χ1n) is 11.1. The predicted octanol–water partition coefficient (Wildman–Crippen LogP) is 4.21. The van der Waals surface area contributed by atoms with Gasteiger partial charge < -0.3 is 30.2 Å². The van der Waals surface area contributed by atoms with Crippen LogP contribution in [0, 0.1) is 0 Å². The number of nitrogens with one attached hydrogen (secondary N) is 3. The molecule has 0 radical (unpaired) electrons. The number of alkyl carbamates (subject to hydrolysis) is 1. The van der Waals surface area contributed by atoms with Crippen molar-refractivity contribution in [1.29, 1.82) is 0 Å². The molecule has 1 amide bonds.